The number of nitrogens with zero attached hydrogens (tertiary/aromatic N) is 2. The molecule has 2 N–H and O–H groups in total. The molecule has 2 aliphatic rings. The highest BCUT2D eigenvalue weighted by atomic mass is 16.3. The molecule has 3 heterocycles. The highest BCUT2D eigenvalue weighted by molar-refractivity contribution is 5.48. The Morgan fingerprint density at radius 1 is 1.35 bits per heavy atom. The molecule has 92 valence electrons. The lowest BCUT2D eigenvalue weighted by molar-refractivity contribution is -0.00899. The van der Waals surface area contributed by atoms with Crippen molar-refractivity contribution in [2.24, 2.45) is 0 Å². The molecule has 17 heavy (non-hydrogen) atoms. The van der Waals surface area contributed by atoms with Crippen LogP contribution >= 0.6 is 0 Å². The second kappa shape index (κ2) is 4.27. The van der Waals surface area contributed by atoms with Crippen LogP contribution in [0.3, 0.4) is 0 Å². The van der Waals surface area contributed by atoms with Crippen LogP contribution in [-0.2, 0) is 6.42 Å². The SMILES string of the molecule is OC1(Cc2cccnc2N2CCCC2)CNC1. The summed E-state index contributed by atoms with van der Waals surface area (Å²) >= 11 is 0. The highest BCUT2D eigenvalue weighted by Gasteiger charge is 2.35. The summed E-state index contributed by atoms with van der Waals surface area (Å²) in [5.41, 5.74) is 0.621. The molecule has 0 amide bonds. The molecule has 0 atom stereocenters. The van der Waals surface area contributed by atoms with Crippen LogP contribution in [0.5, 0.6) is 0 Å². The molecular formula is C13H19N3O. The van der Waals surface area contributed by atoms with Gasteiger partial charge in [0.25, 0.3) is 0 Å². The largest absolute Gasteiger partial charge is 0.387 e. The normalized spacial score (nSPS) is 22.5. The van der Waals surface area contributed by atoms with E-state index in [1.54, 1.807) is 0 Å². The number of rotatable bonds is 3. The average molecular weight is 233 g/mol. The third-order valence-corrected chi connectivity index (χ3v) is 3.70. The lowest BCUT2D eigenvalue weighted by Crippen LogP contribution is -2.60. The average Bonchev–Trinajstić information content (AvgIpc) is 2.81. The minimum absolute atomic E-state index is 0.558. The first-order chi connectivity index (χ1) is 8.27. The van der Waals surface area contributed by atoms with Gasteiger partial charge < -0.3 is 15.3 Å². The molecule has 0 unspecified atom stereocenters. The van der Waals surface area contributed by atoms with Gasteiger partial charge in [0.05, 0.1) is 5.60 Å². The van der Waals surface area contributed by atoms with Gasteiger partial charge in [-0.15, -0.1) is 0 Å². The van der Waals surface area contributed by atoms with Crippen LogP contribution in [-0.4, -0.2) is 41.9 Å². The van der Waals surface area contributed by atoms with E-state index in [2.05, 4.69) is 21.3 Å². The quantitative estimate of drug-likeness (QED) is 0.801. The van der Waals surface area contributed by atoms with E-state index in [0.29, 0.717) is 19.5 Å². The summed E-state index contributed by atoms with van der Waals surface area (Å²) in [7, 11) is 0. The van der Waals surface area contributed by atoms with Crippen LogP contribution in [0.25, 0.3) is 0 Å². The molecule has 4 heteroatoms. The zero-order valence-electron chi connectivity index (χ0n) is 10.0. The van der Waals surface area contributed by atoms with Crippen LogP contribution < -0.4 is 10.2 Å². The standard InChI is InChI=1S/C13H19N3O/c17-13(9-14-10-13)8-11-4-3-5-15-12(11)16-6-1-2-7-16/h3-5,14,17H,1-2,6-10H2. The van der Waals surface area contributed by atoms with E-state index < -0.39 is 5.60 Å². The van der Waals surface area contributed by atoms with E-state index in [1.165, 1.54) is 18.4 Å². The molecule has 1 aromatic heterocycles. The molecule has 0 bridgehead atoms. The molecule has 1 aromatic rings. The fourth-order valence-electron chi connectivity index (χ4n) is 2.68. The molecule has 0 aromatic carbocycles. The number of hydrogen-bond acceptors (Lipinski definition) is 4. The number of β-amino-alcohol motifs (C(OH)–C–C–N with tert-alkyl or cyclic N) is 1. The smallest absolute Gasteiger partial charge is 0.131 e. The minimum atomic E-state index is -0.558. The van der Waals surface area contributed by atoms with Crippen molar-refractivity contribution in [1.82, 2.24) is 10.3 Å². The fraction of sp³-hybridized carbons (Fsp3) is 0.615. The molecule has 0 spiro atoms. The van der Waals surface area contributed by atoms with Crippen LogP contribution in [0.15, 0.2) is 18.3 Å². The van der Waals surface area contributed by atoms with E-state index in [0.717, 1.165) is 18.9 Å². The maximum Gasteiger partial charge on any atom is 0.131 e. The van der Waals surface area contributed by atoms with E-state index in [1.807, 2.05) is 12.3 Å². The Labute approximate surface area is 102 Å². The number of pyridine rings is 1. The van der Waals surface area contributed by atoms with Crippen molar-refractivity contribution in [1.29, 1.82) is 0 Å². The van der Waals surface area contributed by atoms with Crippen molar-refractivity contribution < 1.29 is 5.11 Å². The number of aliphatic hydroxyl groups is 1. The van der Waals surface area contributed by atoms with Crippen LogP contribution in [0.1, 0.15) is 18.4 Å². The first-order valence-corrected chi connectivity index (χ1v) is 6.39. The summed E-state index contributed by atoms with van der Waals surface area (Å²) in [6, 6.07) is 4.06. The first-order valence-electron chi connectivity index (χ1n) is 6.39. The van der Waals surface area contributed by atoms with Gasteiger partial charge >= 0.3 is 0 Å². The van der Waals surface area contributed by atoms with Gasteiger partial charge in [-0.1, -0.05) is 6.07 Å². The lowest BCUT2D eigenvalue weighted by atomic mass is 9.89. The summed E-state index contributed by atoms with van der Waals surface area (Å²) in [6.45, 7) is 3.59. The molecular weight excluding hydrogens is 214 g/mol. The Morgan fingerprint density at radius 3 is 2.76 bits per heavy atom. The van der Waals surface area contributed by atoms with Gasteiger partial charge in [0, 0.05) is 38.8 Å². The second-order valence-corrected chi connectivity index (χ2v) is 5.18. The lowest BCUT2D eigenvalue weighted by Gasteiger charge is -2.38. The third-order valence-electron chi connectivity index (χ3n) is 3.70. The molecule has 0 saturated carbocycles. The van der Waals surface area contributed by atoms with E-state index in [4.69, 9.17) is 0 Å². The Morgan fingerprint density at radius 2 is 2.12 bits per heavy atom. The van der Waals surface area contributed by atoms with Crippen LogP contribution in [0, 0.1) is 0 Å². The maximum atomic E-state index is 10.2. The predicted octanol–water partition coefficient (Wildman–Crippen LogP) is 0.559. The molecule has 0 aliphatic carbocycles. The molecule has 2 aliphatic heterocycles. The van der Waals surface area contributed by atoms with E-state index in [-0.39, 0.29) is 0 Å². The minimum Gasteiger partial charge on any atom is -0.387 e. The molecule has 4 nitrogen and oxygen atoms in total. The zero-order valence-corrected chi connectivity index (χ0v) is 10.0. The predicted molar refractivity (Wildman–Crippen MR) is 67.2 cm³/mol. The number of nitrogens with one attached hydrogen (secondary N) is 1. The van der Waals surface area contributed by atoms with Crippen molar-refractivity contribution in [3.8, 4) is 0 Å². The number of anilines is 1. The molecule has 2 fully saturated rings. The van der Waals surface area contributed by atoms with Gasteiger partial charge in [0.15, 0.2) is 0 Å². The third kappa shape index (κ3) is 2.15. The van der Waals surface area contributed by atoms with Crippen LogP contribution in [0.4, 0.5) is 5.82 Å². The first kappa shape index (κ1) is 11.0. The van der Waals surface area contributed by atoms with Crippen LogP contribution in [0.2, 0.25) is 0 Å². The fourth-order valence-corrected chi connectivity index (χ4v) is 2.68. The van der Waals surface area contributed by atoms with Gasteiger partial charge in [0.2, 0.25) is 0 Å². The molecule has 2 saturated heterocycles. The summed E-state index contributed by atoms with van der Waals surface area (Å²) in [4.78, 5) is 6.84. The number of aromatic nitrogens is 1. The zero-order chi connectivity index (χ0) is 11.7. The second-order valence-electron chi connectivity index (χ2n) is 5.18. The van der Waals surface area contributed by atoms with Crippen molar-refractivity contribution >= 4 is 5.82 Å². The summed E-state index contributed by atoms with van der Waals surface area (Å²) in [6.07, 6.45) is 5.06. The van der Waals surface area contributed by atoms with E-state index in [9.17, 15) is 5.11 Å². The molecule has 3 rings (SSSR count). The monoisotopic (exact) mass is 233 g/mol. The van der Waals surface area contributed by atoms with Crippen molar-refractivity contribution in [2.75, 3.05) is 31.1 Å². The summed E-state index contributed by atoms with van der Waals surface area (Å²) in [5, 5.41) is 13.3. The highest BCUT2D eigenvalue weighted by Crippen LogP contribution is 2.26. The van der Waals surface area contributed by atoms with Gasteiger partial charge in [-0.05, 0) is 24.5 Å². The van der Waals surface area contributed by atoms with Crippen molar-refractivity contribution in [2.45, 2.75) is 24.9 Å². The van der Waals surface area contributed by atoms with Gasteiger partial charge in [-0.25, -0.2) is 4.98 Å². The van der Waals surface area contributed by atoms with Crippen molar-refractivity contribution in [3.63, 3.8) is 0 Å². The molecule has 0 radical (unpaired) electrons. The van der Waals surface area contributed by atoms with E-state index >= 15 is 0 Å². The Bertz CT molecular complexity index is 397. The topological polar surface area (TPSA) is 48.4 Å². The van der Waals surface area contributed by atoms with Gasteiger partial charge in [0.1, 0.15) is 5.82 Å². The maximum absolute atomic E-state index is 10.2. The Kier molecular flexibility index (Phi) is 2.76. The summed E-state index contributed by atoms with van der Waals surface area (Å²) < 4.78 is 0. The van der Waals surface area contributed by atoms with Crippen molar-refractivity contribution in [3.05, 3.63) is 23.9 Å². The number of hydrogen-bond donors (Lipinski definition) is 2. The summed E-state index contributed by atoms with van der Waals surface area (Å²) in [5.74, 6) is 1.07. The van der Waals surface area contributed by atoms with Gasteiger partial charge in [-0.2, -0.15) is 0 Å². The van der Waals surface area contributed by atoms with Gasteiger partial charge in [-0.3, -0.25) is 0 Å². The Hall–Kier alpha value is -1.13. The Balaban J connectivity index is 1.82.